The molecule has 0 bridgehead atoms. The van der Waals surface area contributed by atoms with Crippen LogP contribution in [-0.2, 0) is 13.6 Å². The Morgan fingerprint density at radius 2 is 1.86 bits per heavy atom. The van der Waals surface area contributed by atoms with Crippen LogP contribution in [0.1, 0.15) is 29.8 Å². The van der Waals surface area contributed by atoms with Crippen LogP contribution in [0.15, 0.2) is 48.8 Å². The monoisotopic (exact) mass is 279 g/mol. The van der Waals surface area contributed by atoms with E-state index in [1.54, 1.807) is 0 Å². The molecule has 0 aliphatic carbocycles. The number of aryl methyl sites for hydroxylation is 2. The molecular weight excluding hydrogens is 258 g/mol. The molecule has 0 saturated heterocycles. The average Bonchev–Trinajstić information content (AvgIpc) is 2.78. The highest BCUT2D eigenvalue weighted by atomic mass is 15.0. The van der Waals surface area contributed by atoms with Crippen molar-refractivity contribution in [3.63, 3.8) is 0 Å². The van der Waals surface area contributed by atoms with Gasteiger partial charge in [0.05, 0.1) is 0 Å². The number of pyridine rings is 1. The summed E-state index contributed by atoms with van der Waals surface area (Å²) in [5.41, 5.74) is 5.27. The van der Waals surface area contributed by atoms with E-state index < -0.39 is 0 Å². The maximum absolute atomic E-state index is 4.07. The number of nitrogens with one attached hydrogen (secondary N) is 1. The molecule has 108 valence electrons. The fourth-order valence-corrected chi connectivity index (χ4v) is 2.91. The van der Waals surface area contributed by atoms with Gasteiger partial charge in [-0.25, -0.2) is 0 Å². The summed E-state index contributed by atoms with van der Waals surface area (Å²) >= 11 is 0. The van der Waals surface area contributed by atoms with Crippen LogP contribution in [0, 0.1) is 6.92 Å². The zero-order valence-electron chi connectivity index (χ0n) is 12.8. The zero-order chi connectivity index (χ0) is 14.8. The molecule has 1 aromatic carbocycles. The maximum Gasteiger partial charge on any atom is 0.0483 e. The molecule has 1 unspecified atom stereocenters. The van der Waals surface area contributed by atoms with Crippen LogP contribution in [0.25, 0.3) is 10.9 Å². The number of fused-ring (bicyclic) bond motifs is 1. The summed E-state index contributed by atoms with van der Waals surface area (Å²) < 4.78 is 2.29. The van der Waals surface area contributed by atoms with Crippen molar-refractivity contribution >= 4 is 10.9 Å². The SMILES string of the molecule is Cc1c(CNC(C)c2ccncc2)n(C)c2ccccc12. The Labute approximate surface area is 125 Å². The summed E-state index contributed by atoms with van der Waals surface area (Å²) in [6.07, 6.45) is 3.69. The van der Waals surface area contributed by atoms with Crippen LogP contribution in [0.5, 0.6) is 0 Å². The summed E-state index contributed by atoms with van der Waals surface area (Å²) in [5.74, 6) is 0. The fourth-order valence-electron chi connectivity index (χ4n) is 2.91. The van der Waals surface area contributed by atoms with Crippen molar-refractivity contribution in [2.45, 2.75) is 26.4 Å². The van der Waals surface area contributed by atoms with Crippen LogP contribution >= 0.6 is 0 Å². The van der Waals surface area contributed by atoms with Gasteiger partial charge in [-0.2, -0.15) is 0 Å². The second-order valence-corrected chi connectivity index (χ2v) is 5.53. The molecule has 21 heavy (non-hydrogen) atoms. The summed E-state index contributed by atoms with van der Waals surface area (Å²) in [7, 11) is 2.14. The van der Waals surface area contributed by atoms with Crippen molar-refractivity contribution in [3.8, 4) is 0 Å². The number of para-hydroxylation sites is 1. The number of hydrogen-bond acceptors (Lipinski definition) is 2. The van der Waals surface area contributed by atoms with Gasteiger partial charge < -0.3 is 9.88 Å². The highest BCUT2D eigenvalue weighted by Gasteiger charge is 2.12. The van der Waals surface area contributed by atoms with E-state index in [9.17, 15) is 0 Å². The van der Waals surface area contributed by atoms with Gasteiger partial charge in [-0.05, 0) is 43.2 Å². The highest BCUT2D eigenvalue weighted by Crippen LogP contribution is 2.24. The van der Waals surface area contributed by atoms with Crippen molar-refractivity contribution in [1.29, 1.82) is 0 Å². The number of hydrogen-bond donors (Lipinski definition) is 1. The van der Waals surface area contributed by atoms with Crippen LogP contribution < -0.4 is 5.32 Å². The summed E-state index contributed by atoms with van der Waals surface area (Å²) in [6, 6.07) is 13.0. The minimum absolute atomic E-state index is 0.311. The molecule has 0 spiro atoms. The smallest absolute Gasteiger partial charge is 0.0483 e. The number of nitrogens with zero attached hydrogens (tertiary/aromatic N) is 2. The van der Waals surface area contributed by atoms with Crippen LogP contribution in [0.2, 0.25) is 0 Å². The van der Waals surface area contributed by atoms with Crippen molar-refractivity contribution in [2.75, 3.05) is 0 Å². The number of benzene rings is 1. The van der Waals surface area contributed by atoms with Crippen LogP contribution in [-0.4, -0.2) is 9.55 Å². The Bertz CT molecular complexity index is 705. The lowest BCUT2D eigenvalue weighted by molar-refractivity contribution is 0.557. The van der Waals surface area contributed by atoms with Gasteiger partial charge in [0.25, 0.3) is 0 Å². The maximum atomic E-state index is 4.07. The van der Waals surface area contributed by atoms with Gasteiger partial charge in [-0.1, -0.05) is 18.2 Å². The van der Waals surface area contributed by atoms with Gasteiger partial charge in [0.15, 0.2) is 0 Å². The minimum Gasteiger partial charge on any atom is -0.346 e. The predicted molar refractivity (Wildman–Crippen MR) is 87.1 cm³/mol. The van der Waals surface area contributed by atoms with E-state index in [2.05, 4.69) is 72.2 Å². The van der Waals surface area contributed by atoms with Gasteiger partial charge in [-0.15, -0.1) is 0 Å². The average molecular weight is 279 g/mol. The standard InChI is InChI=1S/C18H21N3/c1-13-16-6-4-5-7-17(16)21(3)18(13)12-20-14(2)15-8-10-19-11-9-15/h4-11,14,20H,12H2,1-3H3. The lowest BCUT2D eigenvalue weighted by Gasteiger charge is -2.15. The third kappa shape index (κ3) is 2.57. The summed E-state index contributed by atoms with van der Waals surface area (Å²) in [6.45, 7) is 5.25. The Hall–Kier alpha value is -2.13. The lowest BCUT2D eigenvalue weighted by Crippen LogP contribution is -2.20. The van der Waals surface area contributed by atoms with Crippen LogP contribution in [0.4, 0.5) is 0 Å². The highest BCUT2D eigenvalue weighted by molar-refractivity contribution is 5.85. The van der Waals surface area contributed by atoms with Crippen molar-refractivity contribution in [3.05, 3.63) is 65.6 Å². The summed E-state index contributed by atoms with van der Waals surface area (Å²) in [4.78, 5) is 4.07. The van der Waals surface area contributed by atoms with E-state index in [-0.39, 0.29) is 0 Å². The van der Waals surface area contributed by atoms with Gasteiger partial charge in [-0.3, -0.25) is 4.98 Å². The zero-order valence-corrected chi connectivity index (χ0v) is 12.8. The minimum atomic E-state index is 0.311. The van der Waals surface area contributed by atoms with Gasteiger partial charge in [0, 0.05) is 48.6 Å². The van der Waals surface area contributed by atoms with E-state index in [1.165, 1.54) is 27.7 Å². The number of aromatic nitrogens is 2. The van der Waals surface area contributed by atoms with E-state index in [0.717, 1.165) is 6.54 Å². The van der Waals surface area contributed by atoms with E-state index in [4.69, 9.17) is 0 Å². The molecular formula is C18H21N3. The summed E-state index contributed by atoms with van der Waals surface area (Å²) in [5, 5.41) is 4.95. The number of rotatable bonds is 4. The van der Waals surface area contributed by atoms with Gasteiger partial charge >= 0.3 is 0 Å². The van der Waals surface area contributed by atoms with E-state index in [0.29, 0.717) is 6.04 Å². The Morgan fingerprint density at radius 1 is 1.14 bits per heavy atom. The van der Waals surface area contributed by atoms with Crippen molar-refractivity contribution < 1.29 is 0 Å². The van der Waals surface area contributed by atoms with E-state index in [1.807, 2.05) is 12.4 Å². The third-order valence-electron chi connectivity index (χ3n) is 4.29. The molecule has 3 rings (SSSR count). The Morgan fingerprint density at radius 3 is 2.57 bits per heavy atom. The first-order valence-corrected chi connectivity index (χ1v) is 7.34. The van der Waals surface area contributed by atoms with Gasteiger partial charge in [0.2, 0.25) is 0 Å². The molecule has 3 heteroatoms. The van der Waals surface area contributed by atoms with Crippen LogP contribution in [0.3, 0.4) is 0 Å². The molecule has 2 heterocycles. The normalized spacial score (nSPS) is 12.7. The molecule has 0 aliphatic heterocycles. The topological polar surface area (TPSA) is 29.9 Å². The molecule has 1 atom stereocenters. The molecule has 1 N–H and O–H groups in total. The van der Waals surface area contributed by atoms with E-state index >= 15 is 0 Å². The second kappa shape index (κ2) is 5.70. The Balaban J connectivity index is 1.83. The lowest BCUT2D eigenvalue weighted by atomic mass is 10.1. The van der Waals surface area contributed by atoms with Crippen molar-refractivity contribution in [1.82, 2.24) is 14.9 Å². The molecule has 0 aliphatic rings. The molecule has 2 aromatic heterocycles. The first kappa shape index (κ1) is 13.8. The Kier molecular flexibility index (Phi) is 3.76. The molecule has 3 nitrogen and oxygen atoms in total. The van der Waals surface area contributed by atoms with Gasteiger partial charge in [0.1, 0.15) is 0 Å². The second-order valence-electron chi connectivity index (χ2n) is 5.53. The molecule has 3 aromatic rings. The fraction of sp³-hybridized carbons (Fsp3) is 0.278. The van der Waals surface area contributed by atoms with Crippen molar-refractivity contribution in [2.24, 2.45) is 7.05 Å². The quantitative estimate of drug-likeness (QED) is 0.788. The first-order chi connectivity index (χ1) is 10.2. The molecule has 0 radical (unpaired) electrons. The molecule has 0 amide bonds. The first-order valence-electron chi connectivity index (χ1n) is 7.34. The third-order valence-corrected chi connectivity index (χ3v) is 4.29. The molecule has 0 saturated carbocycles. The largest absolute Gasteiger partial charge is 0.346 e. The predicted octanol–water partition coefficient (Wildman–Crippen LogP) is 3.73. The molecule has 0 fully saturated rings.